The molecule has 2 saturated carbocycles. The van der Waals surface area contributed by atoms with Gasteiger partial charge in [0.15, 0.2) is 0 Å². The second-order valence-corrected chi connectivity index (χ2v) is 6.17. The van der Waals surface area contributed by atoms with Gasteiger partial charge >= 0.3 is 0 Å². The van der Waals surface area contributed by atoms with Crippen molar-refractivity contribution >= 4 is 0 Å². The maximum Gasteiger partial charge on any atom is 0.0621 e. The van der Waals surface area contributed by atoms with Crippen molar-refractivity contribution in [3.63, 3.8) is 0 Å². The molecule has 14 heavy (non-hydrogen) atoms. The molecule has 2 N–H and O–H groups in total. The molecule has 0 radical (unpaired) electrons. The Hall–Kier alpha value is -0.0800. The average molecular weight is 197 g/mol. The Labute approximate surface area is 87.1 Å². The van der Waals surface area contributed by atoms with Crippen LogP contribution in [0.25, 0.3) is 0 Å². The lowest BCUT2D eigenvalue weighted by Gasteiger charge is -2.51. The van der Waals surface area contributed by atoms with Crippen LogP contribution in [0.15, 0.2) is 0 Å². The number of rotatable bonds is 3. The fourth-order valence-electron chi connectivity index (χ4n) is 2.32. The van der Waals surface area contributed by atoms with Gasteiger partial charge in [0.2, 0.25) is 0 Å². The van der Waals surface area contributed by atoms with Crippen LogP contribution in [0.5, 0.6) is 0 Å². The summed E-state index contributed by atoms with van der Waals surface area (Å²) in [6, 6.07) is 1.10. The van der Waals surface area contributed by atoms with Gasteiger partial charge in [-0.1, -0.05) is 20.8 Å². The quantitative estimate of drug-likeness (QED) is 0.724. The zero-order valence-corrected chi connectivity index (χ0v) is 9.80. The van der Waals surface area contributed by atoms with Crippen molar-refractivity contribution in [1.29, 1.82) is 0 Å². The van der Waals surface area contributed by atoms with Crippen LogP contribution in [0.3, 0.4) is 0 Å². The van der Waals surface area contributed by atoms with Crippen LogP contribution in [0.2, 0.25) is 0 Å². The molecule has 2 aliphatic carbocycles. The summed E-state index contributed by atoms with van der Waals surface area (Å²) in [6.07, 6.45) is 3.53. The van der Waals surface area contributed by atoms with Gasteiger partial charge < -0.3 is 10.4 Å². The summed E-state index contributed by atoms with van der Waals surface area (Å²) in [4.78, 5) is 0. The van der Waals surface area contributed by atoms with Crippen LogP contribution < -0.4 is 5.32 Å². The second kappa shape index (κ2) is 2.96. The van der Waals surface area contributed by atoms with E-state index in [1.165, 1.54) is 12.8 Å². The van der Waals surface area contributed by atoms with E-state index in [1.54, 1.807) is 0 Å². The van der Waals surface area contributed by atoms with E-state index in [4.69, 9.17) is 0 Å². The first-order valence-corrected chi connectivity index (χ1v) is 5.80. The minimum Gasteiger partial charge on any atom is -0.392 e. The van der Waals surface area contributed by atoms with Crippen molar-refractivity contribution in [2.45, 2.75) is 65.1 Å². The normalized spacial score (nSPS) is 40.1. The third-order valence-electron chi connectivity index (χ3n) is 4.75. The van der Waals surface area contributed by atoms with E-state index in [2.05, 4.69) is 33.0 Å². The maximum absolute atomic E-state index is 9.64. The highest BCUT2D eigenvalue weighted by atomic mass is 16.3. The molecule has 3 unspecified atom stereocenters. The fraction of sp³-hybridized carbons (Fsp3) is 1.00. The van der Waals surface area contributed by atoms with Crippen molar-refractivity contribution in [1.82, 2.24) is 5.32 Å². The van der Waals surface area contributed by atoms with Gasteiger partial charge in [0.25, 0.3) is 0 Å². The monoisotopic (exact) mass is 197 g/mol. The molecule has 2 fully saturated rings. The van der Waals surface area contributed by atoms with Gasteiger partial charge in [0.05, 0.1) is 6.10 Å². The van der Waals surface area contributed by atoms with Crippen molar-refractivity contribution in [2.75, 3.05) is 0 Å². The second-order valence-electron chi connectivity index (χ2n) is 6.17. The minimum atomic E-state index is -0.112. The molecule has 2 aliphatic rings. The number of aliphatic hydroxyl groups is 1. The zero-order valence-electron chi connectivity index (χ0n) is 9.80. The summed E-state index contributed by atoms with van der Waals surface area (Å²) in [6.45, 7) is 8.95. The fourth-order valence-corrected chi connectivity index (χ4v) is 2.32. The Morgan fingerprint density at radius 3 is 2.21 bits per heavy atom. The van der Waals surface area contributed by atoms with Gasteiger partial charge in [-0.15, -0.1) is 0 Å². The SMILES string of the molecule is CC(NC1CC(O)C1(C)C)C1(C)CC1. The van der Waals surface area contributed by atoms with E-state index >= 15 is 0 Å². The predicted octanol–water partition coefficient (Wildman–Crippen LogP) is 1.92. The lowest BCUT2D eigenvalue weighted by Crippen LogP contribution is -2.62. The largest absolute Gasteiger partial charge is 0.392 e. The van der Waals surface area contributed by atoms with E-state index < -0.39 is 0 Å². The topological polar surface area (TPSA) is 32.3 Å². The molecule has 0 amide bonds. The lowest BCUT2D eigenvalue weighted by atomic mass is 9.64. The van der Waals surface area contributed by atoms with E-state index in [0.29, 0.717) is 17.5 Å². The van der Waals surface area contributed by atoms with Crippen LogP contribution in [-0.2, 0) is 0 Å². The molecule has 0 aliphatic heterocycles. The highest BCUT2D eigenvalue weighted by Crippen LogP contribution is 2.49. The summed E-state index contributed by atoms with van der Waals surface area (Å²) in [5.74, 6) is 0. The molecule has 2 heteroatoms. The standard InChI is InChI=1S/C12H23NO/c1-8(12(4)5-6-12)13-9-7-10(14)11(9,2)3/h8-10,13-14H,5-7H2,1-4H3. The van der Waals surface area contributed by atoms with Gasteiger partial charge in [-0.2, -0.15) is 0 Å². The van der Waals surface area contributed by atoms with Crippen LogP contribution in [0, 0.1) is 10.8 Å². The van der Waals surface area contributed by atoms with Crippen LogP contribution in [0.1, 0.15) is 47.0 Å². The summed E-state index contributed by atoms with van der Waals surface area (Å²) in [7, 11) is 0. The summed E-state index contributed by atoms with van der Waals surface area (Å²) >= 11 is 0. The first-order valence-electron chi connectivity index (χ1n) is 5.80. The first-order chi connectivity index (χ1) is 6.36. The molecule has 2 nitrogen and oxygen atoms in total. The smallest absolute Gasteiger partial charge is 0.0621 e. The van der Waals surface area contributed by atoms with Gasteiger partial charge in [-0.25, -0.2) is 0 Å². The molecular formula is C12H23NO. The number of hydrogen-bond donors (Lipinski definition) is 2. The Bertz CT molecular complexity index is 232. The summed E-state index contributed by atoms with van der Waals surface area (Å²) in [5, 5.41) is 13.3. The average Bonchev–Trinajstić information content (AvgIpc) is 2.84. The Kier molecular flexibility index (Phi) is 2.20. The molecule has 0 aromatic rings. The Balaban J connectivity index is 1.87. The molecule has 0 aromatic heterocycles. The van der Waals surface area contributed by atoms with Gasteiger partial charge in [0.1, 0.15) is 0 Å². The molecule has 82 valence electrons. The van der Waals surface area contributed by atoms with Crippen molar-refractivity contribution in [2.24, 2.45) is 10.8 Å². The van der Waals surface area contributed by atoms with Crippen LogP contribution in [0.4, 0.5) is 0 Å². The lowest BCUT2D eigenvalue weighted by molar-refractivity contribution is -0.0775. The number of nitrogens with one attached hydrogen (secondary N) is 1. The zero-order chi connectivity index (χ0) is 10.6. The van der Waals surface area contributed by atoms with Crippen molar-refractivity contribution in [3.05, 3.63) is 0 Å². The Morgan fingerprint density at radius 2 is 1.86 bits per heavy atom. The molecule has 0 saturated heterocycles. The van der Waals surface area contributed by atoms with Gasteiger partial charge in [0, 0.05) is 17.5 Å². The first kappa shape index (κ1) is 10.4. The van der Waals surface area contributed by atoms with Gasteiger partial charge in [-0.3, -0.25) is 0 Å². The molecule has 0 heterocycles. The number of hydrogen-bond acceptors (Lipinski definition) is 2. The van der Waals surface area contributed by atoms with E-state index in [9.17, 15) is 5.11 Å². The highest BCUT2D eigenvalue weighted by Gasteiger charge is 2.50. The summed E-state index contributed by atoms with van der Waals surface area (Å²) < 4.78 is 0. The van der Waals surface area contributed by atoms with Gasteiger partial charge in [-0.05, 0) is 31.6 Å². The van der Waals surface area contributed by atoms with E-state index in [0.717, 1.165) is 6.42 Å². The molecule has 2 rings (SSSR count). The molecular weight excluding hydrogens is 174 g/mol. The molecule has 3 atom stereocenters. The van der Waals surface area contributed by atoms with Crippen LogP contribution in [-0.4, -0.2) is 23.3 Å². The molecule has 0 spiro atoms. The minimum absolute atomic E-state index is 0.0690. The molecule has 0 bridgehead atoms. The Morgan fingerprint density at radius 1 is 1.29 bits per heavy atom. The van der Waals surface area contributed by atoms with Crippen molar-refractivity contribution in [3.8, 4) is 0 Å². The number of aliphatic hydroxyl groups excluding tert-OH is 1. The third-order valence-corrected chi connectivity index (χ3v) is 4.75. The predicted molar refractivity (Wildman–Crippen MR) is 58.1 cm³/mol. The van der Waals surface area contributed by atoms with E-state index in [1.807, 2.05) is 0 Å². The third kappa shape index (κ3) is 1.49. The van der Waals surface area contributed by atoms with Crippen LogP contribution >= 0.6 is 0 Å². The van der Waals surface area contributed by atoms with E-state index in [-0.39, 0.29) is 11.5 Å². The summed E-state index contributed by atoms with van der Waals surface area (Å²) in [5.41, 5.74) is 0.607. The van der Waals surface area contributed by atoms with Crippen molar-refractivity contribution < 1.29 is 5.11 Å². The maximum atomic E-state index is 9.64. The molecule has 0 aromatic carbocycles. The highest BCUT2D eigenvalue weighted by molar-refractivity contribution is 5.05.